The number of hydrogen-bond acceptors (Lipinski definition) is 3. The Morgan fingerprint density at radius 2 is 1.72 bits per heavy atom. The molecule has 2 aromatic rings. The van der Waals surface area contributed by atoms with E-state index in [-0.39, 0.29) is 5.56 Å². The van der Waals surface area contributed by atoms with Gasteiger partial charge < -0.3 is 5.32 Å². The van der Waals surface area contributed by atoms with Gasteiger partial charge in [-0.1, -0.05) is 0 Å². The van der Waals surface area contributed by atoms with Gasteiger partial charge in [-0.05, 0) is 26.0 Å². The maximum Gasteiger partial charge on any atom is 0.152 e. The Morgan fingerprint density at radius 3 is 2.33 bits per heavy atom. The number of nitrogens with one attached hydrogen (secondary N) is 1. The van der Waals surface area contributed by atoms with E-state index in [9.17, 15) is 8.78 Å². The molecule has 0 bridgehead atoms. The third-order valence-electron chi connectivity index (χ3n) is 2.73. The predicted molar refractivity (Wildman–Crippen MR) is 66.4 cm³/mol. The van der Waals surface area contributed by atoms with Crippen molar-refractivity contribution in [2.24, 2.45) is 0 Å². The molecule has 94 valence electrons. The molecule has 0 saturated heterocycles. The standard InChI is InChI=1S/C13H13F2N3/c1-7-8(2)18-13(16-3)12(17-7)10-5-4-9(14)6-11(10)15/h4-6H,1-3H3,(H,16,18). The van der Waals surface area contributed by atoms with Crippen LogP contribution in [-0.2, 0) is 0 Å². The normalized spacial score (nSPS) is 10.5. The number of rotatable bonds is 2. The van der Waals surface area contributed by atoms with E-state index >= 15 is 0 Å². The van der Waals surface area contributed by atoms with E-state index in [0.717, 1.165) is 11.8 Å². The topological polar surface area (TPSA) is 37.8 Å². The minimum atomic E-state index is -0.649. The summed E-state index contributed by atoms with van der Waals surface area (Å²) in [6.45, 7) is 3.63. The lowest BCUT2D eigenvalue weighted by Crippen LogP contribution is -2.03. The van der Waals surface area contributed by atoms with E-state index in [2.05, 4.69) is 15.3 Å². The first kappa shape index (κ1) is 12.4. The molecule has 2 rings (SSSR count). The average Bonchev–Trinajstić information content (AvgIpc) is 2.32. The fourth-order valence-electron chi connectivity index (χ4n) is 1.65. The summed E-state index contributed by atoms with van der Waals surface area (Å²) in [6.07, 6.45) is 0. The summed E-state index contributed by atoms with van der Waals surface area (Å²) in [5.74, 6) is -0.785. The Labute approximate surface area is 104 Å². The Hall–Kier alpha value is -2.04. The van der Waals surface area contributed by atoms with Crippen LogP contribution < -0.4 is 5.32 Å². The average molecular weight is 249 g/mol. The predicted octanol–water partition coefficient (Wildman–Crippen LogP) is 3.08. The number of nitrogens with zero attached hydrogens (tertiary/aromatic N) is 2. The van der Waals surface area contributed by atoms with Crippen molar-refractivity contribution < 1.29 is 8.78 Å². The Kier molecular flexibility index (Phi) is 3.23. The van der Waals surface area contributed by atoms with Crippen molar-refractivity contribution in [3.8, 4) is 11.3 Å². The summed E-state index contributed by atoms with van der Waals surface area (Å²) >= 11 is 0. The van der Waals surface area contributed by atoms with Crippen molar-refractivity contribution in [1.82, 2.24) is 9.97 Å². The first-order chi connectivity index (χ1) is 8.52. The smallest absolute Gasteiger partial charge is 0.152 e. The summed E-state index contributed by atoms with van der Waals surface area (Å²) in [6, 6.07) is 3.41. The summed E-state index contributed by atoms with van der Waals surface area (Å²) in [5.41, 5.74) is 2.10. The third kappa shape index (κ3) is 2.16. The third-order valence-corrected chi connectivity index (χ3v) is 2.73. The number of aryl methyl sites for hydroxylation is 2. The maximum absolute atomic E-state index is 13.7. The van der Waals surface area contributed by atoms with Crippen molar-refractivity contribution in [1.29, 1.82) is 0 Å². The lowest BCUT2D eigenvalue weighted by atomic mass is 10.1. The maximum atomic E-state index is 13.7. The molecule has 0 aliphatic carbocycles. The zero-order valence-electron chi connectivity index (χ0n) is 10.4. The van der Waals surface area contributed by atoms with E-state index in [1.807, 2.05) is 6.92 Å². The van der Waals surface area contributed by atoms with E-state index in [1.165, 1.54) is 12.1 Å². The van der Waals surface area contributed by atoms with Crippen molar-refractivity contribution in [2.45, 2.75) is 13.8 Å². The van der Waals surface area contributed by atoms with Crippen molar-refractivity contribution >= 4 is 5.82 Å². The van der Waals surface area contributed by atoms with Crippen LogP contribution in [0.3, 0.4) is 0 Å². The summed E-state index contributed by atoms with van der Waals surface area (Å²) < 4.78 is 26.6. The summed E-state index contributed by atoms with van der Waals surface area (Å²) in [7, 11) is 1.68. The summed E-state index contributed by atoms with van der Waals surface area (Å²) in [4.78, 5) is 8.61. The molecule has 0 aliphatic heterocycles. The minimum Gasteiger partial charge on any atom is -0.371 e. The lowest BCUT2D eigenvalue weighted by Gasteiger charge is -2.11. The molecule has 1 aromatic heterocycles. The van der Waals surface area contributed by atoms with Crippen LogP contribution in [0.25, 0.3) is 11.3 Å². The molecule has 0 unspecified atom stereocenters. The van der Waals surface area contributed by atoms with Crippen LogP contribution in [0.15, 0.2) is 18.2 Å². The first-order valence-electron chi connectivity index (χ1n) is 5.51. The van der Waals surface area contributed by atoms with Crippen LogP contribution >= 0.6 is 0 Å². The molecule has 0 fully saturated rings. The highest BCUT2D eigenvalue weighted by atomic mass is 19.1. The van der Waals surface area contributed by atoms with Gasteiger partial charge in [-0.3, -0.25) is 0 Å². The molecule has 3 nitrogen and oxygen atoms in total. The van der Waals surface area contributed by atoms with Gasteiger partial charge in [0.1, 0.15) is 17.3 Å². The van der Waals surface area contributed by atoms with Gasteiger partial charge in [0.25, 0.3) is 0 Å². The second-order valence-corrected chi connectivity index (χ2v) is 3.97. The fourth-order valence-corrected chi connectivity index (χ4v) is 1.65. The van der Waals surface area contributed by atoms with Gasteiger partial charge in [-0.25, -0.2) is 18.7 Å². The zero-order chi connectivity index (χ0) is 13.3. The molecule has 0 aliphatic rings. The van der Waals surface area contributed by atoms with Gasteiger partial charge in [-0.15, -0.1) is 0 Å². The fraction of sp³-hybridized carbons (Fsp3) is 0.231. The molecule has 5 heteroatoms. The monoisotopic (exact) mass is 249 g/mol. The summed E-state index contributed by atoms with van der Waals surface area (Å²) in [5, 5.41) is 2.87. The van der Waals surface area contributed by atoms with Gasteiger partial charge in [0, 0.05) is 18.7 Å². The van der Waals surface area contributed by atoms with Crippen LogP contribution in [0, 0.1) is 25.5 Å². The molecule has 0 saturated carbocycles. The number of hydrogen-bond donors (Lipinski definition) is 1. The zero-order valence-corrected chi connectivity index (χ0v) is 10.4. The van der Waals surface area contributed by atoms with E-state index in [1.54, 1.807) is 14.0 Å². The van der Waals surface area contributed by atoms with E-state index in [4.69, 9.17) is 0 Å². The molecule has 1 N–H and O–H groups in total. The van der Waals surface area contributed by atoms with Crippen molar-refractivity contribution in [2.75, 3.05) is 12.4 Å². The molecule has 1 aromatic carbocycles. The molecule has 0 spiro atoms. The lowest BCUT2D eigenvalue weighted by molar-refractivity contribution is 0.585. The molecule has 0 atom stereocenters. The number of halogens is 2. The van der Waals surface area contributed by atoms with Crippen LogP contribution in [0.5, 0.6) is 0 Å². The number of benzene rings is 1. The molecule has 1 heterocycles. The molecular formula is C13H13F2N3. The van der Waals surface area contributed by atoms with Gasteiger partial charge in [-0.2, -0.15) is 0 Å². The minimum absolute atomic E-state index is 0.233. The van der Waals surface area contributed by atoms with Gasteiger partial charge in [0.15, 0.2) is 5.82 Å². The first-order valence-corrected chi connectivity index (χ1v) is 5.51. The van der Waals surface area contributed by atoms with Gasteiger partial charge >= 0.3 is 0 Å². The van der Waals surface area contributed by atoms with Crippen LogP contribution in [-0.4, -0.2) is 17.0 Å². The highest BCUT2D eigenvalue weighted by Gasteiger charge is 2.14. The number of aromatic nitrogens is 2. The quantitative estimate of drug-likeness (QED) is 0.888. The Balaban J connectivity index is 2.66. The Morgan fingerprint density at radius 1 is 1.06 bits per heavy atom. The highest BCUT2D eigenvalue weighted by molar-refractivity contribution is 5.72. The largest absolute Gasteiger partial charge is 0.371 e. The Bertz CT molecular complexity index is 597. The second kappa shape index (κ2) is 4.68. The van der Waals surface area contributed by atoms with Gasteiger partial charge in [0.2, 0.25) is 0 Å². The molecular weight excluding hydrogens is 236 g/mol. The molecule has 0 amide bonds. The molecule has 0 radical (unpaired) electrons. The van der Waals surface area contributed by atoms with E-state index in [0.29, 0.717) is 17.2 Å². The highest BCUT2D eigenvalue weighted by Crippen LogP contribution is 2.27. The van der Waals surface area contributed by atoms with Crippen molar-refractivity contribution in [3.63, 3.8) is 0 Å². The molecule has 18 heavy (non-hydrogen) atoms. The van der Waals surface area contributed by atoms with E-state index < -0.39 is 11.6 Å². The second-order valence-electron chi connectivity index (χ2n) is 3.97. The SMILES string of the molecule is CNc1nc(C)c(C)nc1-c1ccc(F)cc1F. The van der Waals surface area contributed by atoms with Crippen LogP contribution in [0.4, 0.5) is 14.6 Å². The van der Waals surface area contributed by atoms with Crippen molar-refractivity contribution in [3.05, 3.63) is 41.2 Å². The van der Waals surface area contributed by atoms with Crippen LogP contribution in [0.1, 0.15) is 11.4 Å². The van der Waals surface area contributed by atoms with Gasteiger partial charge in [0.05, 0.1) is 11.4 Å². The number of anilines is 1. The van der Waals surface area contributed by atoms with Crippen LogP contribution in [0.2, 0.25) is 0 Å².